The zero-order chi connectivity index (χ0) is 21.7. The molecular weight excluding hydrogens is 409 g/mol. The fraction of sp³-hybridized carbons (Fsp3) is 0.708. The molecule has 0 radical (unpaired) electrons. The van der Waals surface area contributed by atoms with Crippen molar-refractivity contribution in [3.05, 3.63) is 29.6 Å². The molecule has 0 aliphatic heterocycles. The lowest BCUT2D eigenvalue weighted by atomic mass is 9.56. The van der Waals surface area contributed by atoms with Crippen LogP contribution in [0.2, 0.25) is 0 Å². The molecule has 0 aromatic heterocycles. The van der Waals surface area contributed by atoms with Gasteiger partial charge in [0.05, 0.1) is 5.92 Å². The summed E-state index contributed by atoms with van der Waals surface area (Å²) in [6, 6.07) is 4.76. The normalized spacial score (nSPS) is 29.8. The van der Waals surface area contributed by atoms with Crippen molar-refractivity contribution in [3.63, 3.8) is 0 Å². The van der Waals surface area contributed by atoms with Gasteiger partial charge in [-0.1, -0.05) is 56.9 Å². The standard InChI is InChI=1S/C24H33F3O2S/c1-2-3-4-16-5-7-18(8-6-16)24(13-11-17(12-14-24)22(28)29)19-9-10-21(20(25)15-19)30-23(26)27/h9-10,15-18,23H,2-8,11-14H2,1H3,(H,28,29). The molecule has 168 valence electrons. The number of hydrogen-bond donors (Lipinski definition) is 1. The van der Waals surface area contributed by atoms with Crippen LogP contribution in [0.25, 0.3) is 0 Å². The Balaban J connectivity index is 1.83. The monoisotopic (exact) mass is 442 g/mol. The Morgan fingerprint density at radius 1 is 1.17 bits per heavy atom. The summed E-state index contributed by atoms with van der Waals surface area (Å²) < 4.78 is 40.1. The maximum atomic E-state index is 14.7. The van der Waals surface area contributed by atoms with Crippen LogP contribution >= 0.6 is 11.8 Å². The van der Waals surface area contributed by atoms with E-state index in [1.165, 1.54) is 44.2 Å². The summed E-state index contributed by atoms with van der Waals surface area (Å²) in [6.45, 7) is 2.21. The Morgan fingerprint density at radius 2 is 1.83 bits per heavy atom. The lowest BCUT2D eigenvalue weighted by molar-refractivity contribution is -0.143. The minimum Gasteiger partial charge on any atom is -0.481 e. The van der Waals surface area contributed by atoms with E-state index in [2.05, 4.69) is 6.92 Å². The number of benzene rings is 1. The summed E-state index contributed by atoms with van der Waals surface area (Å²) in [5, 5.41) is 9.44. The molecule has 0 bridgehead atoms. The van der Waals surface area contributed by atoms with Gasteiger partial charge in [0.1, 0.15) is 5.82 Å². The van der Waals surface area contributed by atoms with Crippen molar-refractivity contribution in [2.75, 3.05) is 0 Å². The molecule has 0 spiro atoms. The Kier molecular flexibility index (Phi) is 8.17. The number of thioether (sulfide) groups is 1. The number of carboxylic acids is 1. The van der Waals surface area contributed by atoms with E-state index in [9.17, 15) is 23.1 Å². The number of alkyl halides is 2. The highest BCUT2D eigenvalue weighted by atomic mass is 32.2. The fourth-order valence-electron chi connectivity index (χ4n) is 5.81. The van der Waals surface area contributed by atoms with E-state index >= 15 is 0 Å². The Morgan fingerprint density at radius 3 is 2.37 bits per heavy atom. The smallest absolute Gasteiger partial charge is 0.306 e. The summed E-state index contributed by atoms with van der Waals surface area (Å²) in [4.78, 5) is 11.5. The largest absolute Gasteiger partial charge is 0.481 e. The fourth-order valence-corrected chi connectivity index (χ4v) is 6.32. The average Bonchev–Trinajstić information content (AvgIpc) is 2.73. The van der Waals surface area contributed by atoms with Crippen LogP contribution in [0.15, 0.2) is 23.1 Å². The van der Waals surface area contributed by atoms with Crippen LogP contribution in [-0.2, 0) is 10.2 Å². The van der Waals surface area contributed by atoms with Gasteiger partial charge in [0.2, 0.25) is 0 Å². The van der Waals surface area contributed by atoms with Crippen LogP contribution in [0.5, 0.6) is 0 Å². The molecule has 30 heavy (non-hydrogen) atoms. The number of aliphatic carboxylic acids is 1. The van der Waals surface area contributed by atoms with Crippen molar-refractivity contribution in [2.45, 2.75) is 93.6 Å². The third kappa shape index (κ3) is 5.35. The first-order valence-corrected chi connectivity index (χ1v) is 12.2. The summed E-state index contributed by atoms with van der Waals surface area (Å²) in [6.07, 6.45) is 10.9. The molecular formula is C24H33F3O2S. The Hall–Kier alpha value is -1.17. The van der Waals surface area contributed by atoms with Crippen LogP contribution in [-0.4, -0.2) is 16.8 Å². The number of rotatable bonds is 8. The first kappa shape index (κ1) is 23.5. The maximum Gasteiger partial charge on any atom is 0.306 e. The molecule has 2 saturated carbocycles. The molecule has 2 aliphatic carbocycles. The van der Waals surface area contributed by atoms with E-state index in [0.29, 0.717) is 18.8 Å². The molecule has 2 fully saturated rings. The number of hydrogen-bond acceptors (Lipinski definition) is 2. The highest BCUT2D eigenvalue weighted by Crippen LogP contribution is 2.52. The Bertz CT molecular complexity index is 708. The molecule has 3 rings (SSSR count). The van der Waals surface area contributed by atoms with Gasteiger partial charge in [-0.15, -0.1) is 0 Å². The van der Waals surface area contributed by atoms with Crippen molar-refractivity contribution in [1.29, 1.82) is 0 Å². The Labute approximate surface area is 182 Å². The van der Waals surface area contributed by atoms with Crippen LogP contribution in [0.3, 0.4) is 0 Å². The predicted octanol–water partition coefficient (Wildman–Crippen LogP) is 7.65. The number of unbranched alkanes of at least 4 members (excludes halogenated alkanes) is 1. The maximum absolute atomic E-state index is 14.7. The van der Waals surface area contributed by atoms with Crippen molar-refractivity contribution in [3.8, 4) is 0 Å². The van der Waals surface area contributed by atoms with Gasteiger partial charge < -0.3 is 5.11 Å². The molecule has 1 aromatic rings. The van der Waals surface area contributed by atoms with Gasteiger partial charge in [0, 0.05) is 4.90 Å². The van der Waals surface area contributed by atoms with Gasteiger partial charge in [-0.25, -0.2) is 4.39 Å². The highest BCUT2D eigenvalue weighted by molar-refractivity contribution is 7.99. The van der Waals surface area contributed by atoms with E-state index < -0.39 is 17.5 Å². The van der Waals surface area contributed by atoms with Gasteiger partial charge in [-0.05, 0) is 73.5 Å². The molecule has 0 atom stereocenters. The van der Waals surface area contributed by atoms with Gasteiger partial charge in [0.25, 0.3) is 5.76 Å². The highest BCUT2D eigenvalue weighted by Gasteiger charge is 2.45. The third-order valence-corrected chi connectivity index (χ3v) is 8.31. The van der Waals surface area contributed by atoms with E-state index in [4.69, 9.17) is 0 Å². The molecule has 0 heterocycles. The SMILES string of the molecule is CCCCC1CCC(C2(c3ccc(SC(F)F)c(F)c3)CCC(C(=O)O)CC2)CC1. The second kappa shape index (κ2) is 10.4. The number of halogens is 3. The summed E-state index contributed by atoms with van der Waals surface area (Å²) in [5.74, 6) is -3.16. The quantitative estimate of drug-likeness (QED) is 0.420. The first-order chi connectivity index (χ1) is 14.4. The van der Waals surface area contributed by atoms with Crippen molar-refractivity contribution in [2.24, 2.45) is 17.8 Å². The third-order valence-electron chi connectivity index (χ3n) is 7.54. The molecule has 2 aliphatic rings. The number of carbonyl (C=O) groups is 1. The second-order valence-corrected chi connectivity index (χ2v) is 10.2. The van der Waals surface area contributed by atoms with Crippen LogP contribution in [0.4, 0.5) is 13.2 Å². The first-order valence-electron chi connectivity index (χ1n) is 11.3. The molecule has 0 amide bonds. The topological polar surface area (TPSA) is 37.3 Å². The van der Waals surface area contributed by atoms with Gasteiger partial charge in [-0.3, -0.25) is 4.79 Å². The minimum absolute atomic E-state index is 0.0219. The lowest BCUT2D eigenvalue weighted by Gasteiger charge is -2.48. The summed E-state index contributed by atoms with van der Waals surface area (Å²) in [5.41, 5.74) is 0.635. The lowest BCUT2D eigenvalue weighted by Crippen LogP contribution is -2.42. The van der Waals surface area contributed by atoms with E-state index in [0.717, 1.165) is 37.2 Å². The molecule has 0 saturated heterocycles. The number of carboxylic acid groups (broad SMARTS) is 1. The molecule has 1 aromatic carbocycles. The molecule has 0 unspecified atom stereocenters. The molecule has 1 N–H and O–H groups in total. The molecule has 6 heteroatoms. The minimum atomic E-state index is -2.65. The summed E-state index contributed by atoms with van der Waals surface area (Å²) in [7, 11) is 0. The van der Waals surface area contributed by atoms with E-state index in [1.807, 2.05) is 6.07 Å². The van der Waals surface area contributed by atoms with Crippen molar-refractivity contribution in [1.82, 2.24) is 0 Å². The van der Waals surface area contributed by atoms with Gasteiger partial charge in [-0.2, -0.15) is 8.78 Å². The van der Waals surface area contributed by atoms with Crippen LogP contribution in [0, 0.1) is 23.6 Å². The van der Waals surface area contributed by atoms with Crippen molar-refractivity contribution < 1.29 is 23.1 Å². The van der Waals surface area contributed by atoms with Gasteiger partial charge >= 0.3 is 5.97 Å². The zero-order valence-electron chi connectivity index (χ0n) is 17.7. The van der Waals surface area contributed by atoms with Crippen molar-refractivity contribution >= 4 is 17.7 Å². The van der Waals surface area contributed by atoms with Gasteiger partial charge in [0.15, 0.2) is 0 Å². The summed E-state index contributed by atoms with van der Waals surface area (Å²) >= 11 is 0.241. The molecule has 2 nitrogen and oxygen atoms in total. The second-order valence-electron chi connectivity index (χ2n) is 9.15. The average molecular weight is 443 g/mol. The van der Waals surface area contributed by atoms with Crippen LogP contribution < -0.4 is 0 Å². The van der Waals surface area contributed by atoms with E-state index in [-0.39, 0.29) is 28.0 Å². The zero-order valence-corrected chi connectivity index (χ0v) is 18.5. The predicted molar refractivity (Wildman–Crippen MR) is 115 cm³/mol. The van der Waals surface area contributed by atoms with E-state index in [1.54, 1.807) is 0 Å². The van der Waals surface area contributed by atoms with Crippen LogP contribution in [0.1, 0.15) is 83.1 Å².